The number of rotatable bonds is 5. The van der Waals surface area contributed by atoms with Gasteiger partial charge >= 0.3 is 0 Å². The van der Waals surface area contributed by atoms with Crippen molar-refractivity contribution in [3.8, 4) is 0 Å². The van der Waals surface area contributed by atoms with E-state index in [1.807, 2.05) is 6.92 Å². The van der Waals surface area contributed by atoms with E-state index in [0.29, 0.717) is 6.54 Å². The van der Waals surface area contributed by atoms with E-state index in [9.17, 15) is 0 Å². The van der Waals surface area contributed by atoms with Gasteiger partial charge in [-0.3, -0.25) is 0 Å². The van der Waals surface area contributed by atoms with Crippen molar-refractivity contribution >= 4 is 28.1 Å². The molecule has 1 heterocycles. The quantitative estimate of drug-likeness (QED) is 0.535. The summed E-state index contributed by atoms with van der Waals surface area (Å²) in [5, 5.41) is 10.3. The first-order chi connectivity index (χ1) is 12.2. The van der Waals surface area contributed by atoms with E-state index in [4.69, 9.17) is 4.99 Å². The molecule has 0 unspecified atom stereocenters. The van der Waals surface area contributed by atoms with E-state index in [1.54, 1.807) is 11.3 Å². The molecule has 2 aromatic carbocycles. The zero-order valence-corrected chi connectivity index (χ0v) is 15.8. The number of hydrogen-bond acceptors (Lipinski definition) is 3. The molecule has 0 atom stereocenters. The Kier molecular flexibility index (Phi) is 5.66. The standard InChI is InChI=1S/C20H24N4S/c1-4-21-20(23-13-19-14(2)24-15(3)25-19)22-12-16-9-10-17-7-5-6-8-18(17)11-16/h5-11H,4,12-13H2,1-3H3,(H2,21,22,23). The third kappa shape index (κ3) is 4.57. The molecule has 0 saturated carbocycles. The third-order valence-electron chi connectivity index (χ3n) is 3.99. The topological polar surface area (TPSA) is 49.3 Å². The molecule has 1 aromatic heterocycles. The number of aromatic nitrogens is 1. The van der Waals surface area contributed by atoms with E-state index < -0.39 is 0 Å². The Morgan fingerprint density at radius 2 is 1.88 bits per heavy atom. The van der Waals surface area contributed by atoms with Crippen molar-refractivity contribution < 1.29 is 0 Å². The second kappa shape index (κ2) is 8.12. The molecule has 3 rings (SSSR count). The fourth-order valence-corrected chi connectivity index (χ4v) is 3.63. The van der Waals surface area contributed by atoms with Crippen molar-refractivity contribution in [3.63, 3.8) is 0 Å². The zero-order valence-electron chi connectivity index (χ0n) is 15.0. The average molecular weight is 353 g/mol. The van der Waals surface area contributed by atoms with Gasteiger partial charge in [-0.15, -0.1) is 11.3 Å². The van der Waals surface area contributed by atoms with Crippen LogP contribution in [0, 0.1) is 13.8 Å². The number of benzene rings is 2. The van der Waals surface area contributed by atoms with Crippen LogP contribution >= 0.6 is 11.3 Å². The van der Waals surface area contributed by atoms with E-state index in [0.717, 1.165) is 29.8 Å². The summed E-state index contributed by atoms with van der Waals surface area (Å²) in [5.74, 6) is 0.834. The van der Waals surface area contributed by atoms with Gasteiger partial charge in [0.05, 0.1) is 23.8 Å². The van der Waals surface area contributed by atoms with Crippen LogP contribution in [0.4, 0.5) is 0 Å². The Balaban J connectivity index is 1.69. The second-order valence-electron chi connectivity index (χ2n) is 5.97. The lowest BCUT2D eigenvalue weighted by Crippen LogP contribution is -2.36. The van der Waals surface area contributed by atoms with E-state index in [1.165, 1.54) is 21.2 Å². The van der Waals surface area contributed by atoms with Gasteiger partial charge < -0.3 is 10.6 Å². The summed E-state index contributed by atoms with van der Waals surface area (Å²) in [6, 6.07) is 14.9. The minimum atomic E-state index is 0.654. The highest BCUT2D eigenvalue weighted by Gasteiger charge is 2.06. The van der Waals surface area contributed by atoms with Crippen LogP contribution in [0.5, 0.6) is 0 Å². The molecule has 0 aliphatic heterocycles. The lowest BCUT2D eigenvalue weighted by molar-refractivity contribution is 0.819. The highest BCUT2D eigenvalue weighted by Crippen LogP contribution is 2.17. The van der Waals surface area contributed by atoms with Gasteiger partial charge in [-0.2, -0.15) is 0 Å². The van der Waals surface area contributed by atoms with Gasteiger partial charge in [0.2, 0.25) is 0 Å². The molecular weight excluding hydrogens is 328 g/mol. The van der Waals surface area contributed by atoms with Crippen LogP contribution in [0.1, 0.15) is 28.1 Å². The highest BCUT2D eigenvalue weighted by molar-refractivity contribution is 7.11. The molecular formula is C20H24N4S. The van der Waals surface area contributed by atoms with Crippen LogP contribution < -0.4 is 10.6 Å². The van der Waals surface area contributed by atoms with Crippen LogP contribution in [-0.2, 0) is 13.1 Å². The maximum atomic E-state index is 4.72. The Morgan fingerprint density at radius 3 is 2.60 bits per heavy atom. The van der Waals surface area contributed by atoms with Gasteiger partial charge in [0.25, 0.3) is 0 Å². The van der Waals surface area contributed by atoms with Crippen LogP contribution in [0.15, 0.2) is 47.5 Å². The molecule has 0 fully saturated rings. The fourth-order valence-electron chi connectivity index (χ4n) is 2.75. The Bertz CT molecular complexity index is 882. The average Bonchev–Trinajstić information content (AvgIpc) is 2.94. The smallest absolute Gasteiger partial charge is 0.191 e. The van der Waals surface area contributed by atoms with Gasteiger partial charge in [0.1, 0.15) is 0 Å². The molecule has 0 saturated heterocycles. The van der Waals surface area contributed by atoms with Gasteiger partial charge in [0, 0.05) is 11.4 Å². The lowest BCUT2D eigenvalue weighted by atomic mass is 10.1. The third-order valence-corrected chi connectivity index (χ3v) is 5.07. The van der Waals surface area contributed by atoms with E-state index in [-0.39, 0.29) is 0 Å². The molecule has 0 radical (unpaired) electrons. The number of aliphatic imine (C=N–C) groups is 1. The SMILES string of the molecule is CCNC(=NCc1ccc2ccccc2c1)NCc1sc(C)nc1C. The Labute approximate surface area is 153 Å². The molecule has 130 valence electrons. The first kappa shape index (κ1) is 17.4. The largest absolute Gasteiger partial charge is 0.357 e. The number of guanidine groups is 1. The summed E-state index contributed by atoms with van der Waals surface area (Å²) in [6.45, 7) is 8.42. The number of hydrogen-bond donors (Lipinski definition) is 2. The van der Waals surface area contributed by atoms with Gasteiger partial charge in [-0.25, -0.2) is 9.98 Å². The molecule has 25 heavy (non-hydrogen) atoms. The van der Waals surface area contributed by atoms with Crippen molar-refractivity contribution in [1.29, 1.82) is 0 Å². The summed E-state index contributed by atoms with van der Waals surface area (Å²) >= 11 is 1.73. The summed E-state index contributed by atoms with van der Waals surface area (Å²) in [5.41, 5.74) is 2.31. The molecule has 0 amide bonds. The lowest BCUT2D eigenvalue weighted by Gasteiger charge is -2.11. The van der Waals surface area contributed by atoms with Crippen molar-refractivity contribution in [3.05, 3.63) is 63.6 Å². The van der Waals surface area contributed by atoms with Gasteiger partial charge in [0.15, 0.2) is 5.96 Å². The van der Waals surface area contributed by atoms with E-state index >= 15 is 0 Å². The van der Waals surface area contributed by atoms with Crippen molar-refractivity contribution in [2.75, 3.05) is 6.54 Å². The first-order valence-corrected chi connectivity index (χ1v) is 9.40. The zero-order chi connectivity index (χ0) is 17.6. The van der Waals surface area contributed by atoms with Crippen molar-refractivity contribution in [1.82, 2.24) is 15.6 Å². The predicted octanol–water partition coefficient (Wildman–Crippen LogP) is 4.17. The van der Waals surface area contributed by atoms with Crippen LogP contribution in [0.3, 0.4) is 0 Å². The van der Waals surface area contributed by atoms with Crippen molar-refractivity contribution in [2.24, 2.45) is 4.99 Å². The molecule has 0 spiro atoms. The molecule has 0 aliphatic rings. The van der Waals surface area contributed by atoms with Crippen molar-refractivity contribution in [2.45, 2.75) is 33.9 Å². The second-order valence-corrected chi connectivity index (χ2v) is 7.26. The summed E-state index contributed by atoms with van der Waals surface area (Å²) < 4.78 is 0. The predicted molar refractivity (Wildman–Crippen MR) is 107 cm³/mol. The molecule has 3 aromatic rings. The summed E-state index contributed by atoms with van der Waals surface area (Å²) in [4.78, 5) is 10.5. The molecule has 2 N–H and O–H groups in total. The summed E-state index contributed by atoms with van der Waals surface area (Å²) in [6.07, 6.45) is 0. The molecule has 4 nitrogen and oxygen atoms in total. The monoisotopic (exact) mass is 352 g/mol. The van der Waals surface area contributed by atoms with Gasteiger partial charge in [-0.1, -0.05) is 36.4 Å². The number of thiazole rings is 1. The van der Waals surface area contributed by atoms with Gasteiger partial charge in [-0.05, 0) is 43.2 Å². The van der Waals surface area contributed by atoms with Crippen LogP contribution in [0.2, 0.25) is 0 Å². The first-order valence-electron chi connectivity index (χ1n) is 8.58. The molecule has 5 heteroatoms. The highest BCUT2D eigenvalue weighted by atomic mass is 32.1. The molecule has 0 aliphatic carbocycles. The van der Waals surface area contributed by atoms with Crippen LogP contribution in [0.25, 0.3) is 10.8 Å². The minimum absolute atomic E-state index is 0.654. The Morgan fingerprint density at radius 1 is 1.08 bits per heavy atom. The fraction of sp³-hybridized carbons (Fsp3) is 0.300. The number of fused-ring (bicyclic) bond motifs is 1. The Hall–Kier alpha value is -2.40. The maximum absolute atomic E-state index is 4.72. The molecule has 0 bridgehead atoms. The van der Waals surface area contributed by atoms with E-state index in [2.05, 4.69) is 71.9 Å². The van der Waals surface area contributed by atoms with Crippen LogP contribution in [-0.4, -0.2) is 17.5 Å². The number of nitrogens with one attached hydrogen (secondary N) is 2. The normalized spacial score (nSPS) is 11.7. The minimum Gasteiger partial charge on any atom is -0.357 e. The number of nitrogens with zero attached hydrogens (tertiary/aromatic N) is 2. The summed E-state index contributed by atoms with van der Waals surface area (Å²) in [7, 11) is 0. The number of aryl methyl sites for hydroxylation is 2. The maximum Gasteiger partial charge on any atom is 0.191 e.